The van der Waals surface area contributed by atoms with Gasteiger partial charge in [0.2, 0.25) is 0 Å². The second kappa shape index (κ2) is 8.29. The molecular weight excluding hydrogens is 436 g/mol. The zero-order chi connectivity index (χ0) is 24.0. The topological polar surface area (TPSA) is 96.4 Å². The van der Waals surface area contributed by atoms with Crippen LogP contribution in [-0.4, -0.2) is 60.5 Å². The number of aliphatic hydroxyl groups is 1. The fourth-order valence-electron chi connectivity index (χ4n) is 5.23. The molecule has 0 saturated carbocycles. The van der Waals surface area contributed by atoms with Crippen LogP contribution in [0.15, 0.2) is 54.1 Å². The zero-order valence-corrected chi connectivity index (χ0v) is 19.1. The summed E-state index contributed by atoms with van der Waals surface area (Å²) in [6.45, 7) is 3.00. The molecule has 2 aromatic rings. The standard InChI is InChI=1S/C26H26N2O6/c1-3-33-17-12-10-16(11-13-17)22(29)21-23(30)24(31)28(15-18-7-6-14-34-18)26(21)19-8-4-5-9-20(19)27(2)25(26)32/h4-5,8-13,18,29H,3,6-7,14-15H2,1-2H3/t18-,26+/m1/s1. The van der Waals surface area contributed by atoms with Gasteiger partial charge in [-0.15, -0.1) is 0 Å². The van der Waals surface area contributed by atoms with E-state index in [9.17, 15) is 19.5 Å². The second-order valence-electron chi connectivity index (χ2n) is 8.65. The van der Waals surface area contributed by atoms with E-state index in [0.29, 0.717) is 35.8 Å². The number of carbonyl (C=O) groups is 3. The van der Waals surface area contributed by atoms with E-state index in [-0.39, 0.29) is 18.2 Å². The number of ketones is 1. The van der Waals surface area contributed by atoms with Gasteiger partial charge in [-0.05, 0) is 50.1 Å². The van der Waals surface area contributed by atoms with Crippen molar-refractivity contribution in [3.63, 3.8) is 0 Å². The van der Waals surface area contributed by atoms with Crippen molar-refractivity contribution >= 4 is 29.0 Å². The Hall–Kier alpha value is -3.65. The number of fused-ring (bicyclic) bond motifs is 2. The van der Waals surface area contributed by atoms with Crippen LogP contribution in [0, 0.1) is 0 Å². The van der Waals surface area contributed by atoms with E-state index in [1.807, 2.05) is 6.92 Å². The average Bonchev–Trinajstić information content (AvgIpc) is 3.50. The Morgan fingerprint density at radius 1 is 1.15 bits per heavy atom. The minimum absolute atomic E-state index is 0.0819. The second-order valence-corrected chi connectivity index (χ2v) is 8.65. The maximum Gasteiger partial charge on any atom is 0.296 e. The molecule has 0 aliphatic carbocycles. The van der Waals surface area contributed by atoms with Crippen LogP contribution in [0.1, 0.15) is 30.9 Å². The fourth-order valence-corrected chi connectivity index (χ4v) is 5.23. The number of nitrogens with zero attached hydrogens (tertiary/aromatic N) is 2. The third kappa shape index (κ3) is 3.05. The maximum atomic E-state index is 13.9. The summed E-state index contributed by atoms with van der Waals surface area (Å²) in [7, 11) is 1.61. The van der Waals surface area contributed by atoms with Gasteiger partial charge in [0.15, 0.2) is 5.54 Å². The Bertz CT molecular complexity index is 1200. The van der Waals surface area contributed by atoms with Crippen molar-refractivity contribution in [2.45, 2.75) is 31.4 Å². The van der Waals surface area contributed by atoms with E-state index >= 15 is 0 Å². The maximum absolute atomic E-state index is 13.9. The predicted octanol–water partition coefficient (Wildman–Crippen LogP) is 2.82. The minimum Gasteiger partial charge on any atom is -0.507 e. The number of Topliss-reactive ketones (excluding diaryl/α,β-unsaturated/α-hetero) is 1. The van der Waals surface area contributed by atoms with Gasteiger partial charge in [0, 0.05) is 37.0 Å². The van der Waals surface area contributed by atoms with Gasteiger partial charge >= 0.3 is 0 Å². The fraction of sp³-hybridized carbons (Fsp3) is 0.346. The van der Waals surface area contributed by atoms with Crippen LogP contribution in [0.2, 0.25) is 0 Å². The van der Waals surface area contributed by atoms with Crippen LogP contribution in [-0.2, 0) is 24.7 Å². The van der Waals surface area contributed by atoms with Gasteiger partial charge in [-0.2, -0.15) is 0 Å². The van der Waals surface area contributed by atoms with Gasteiger partial charge in [-0.25, -0.2) is 0 Å². The Kier molecular flexibility index (Phi) is 5.40. The quantitative estimate of drug-likeness (QED) is 0.417. The van der Waals surface area contributed by atoms with E-state index in [2.05, 4.69) is 0 Å². The normalized spacial score (nSPS) is 25.5. The van der Waals surface area contributed by atoms with E-state index in [0.717, 1.165) is 12.8 Å². The molecule has 2 amide bonds. The van der Waals surface area contributed by atoms with Crippen molar-refractivity contribution in [2.24, 2.45) is 0 Å². The molecule has 3 aliphatic heterocycles. The number of benzene rings is 2. The lowest BCUT2D eigenvalue weighted by Gasteiger charge is -2.35. The molecule has 2 aromatic carbocycles. The van der Waals surface area contributed by atoms with Gasteiger partial charge in [-0.1, -0.05) is 18.2 Å². The Balaban J connectivity index is 1.73. The Morgan fingerprint density at radius 2 is 1.88 bits per heavy atom. The van der Waals surface area contributed by atoms with Crippen LogP contribution in [0.3, 0.4) is 0 Å². The van der Waals surface area contributed by atoms with E-state index < -0.39 is 28.9 Å². The van der Waals surface area contributed by atoms with Crippen molar-refractivity contribution in [3.05, 3.63) is 65.2 Å². The monoisotopic (exact) mass is 462 g/mol. The molecule has 2 fully saturated rings. The SMILES string of the molecule is CCOc1ccc(C(O)=C2C(=O)C(=O)N(C[C@H]3CCCO3)[C@]23C(=O)N(C)c2ccccc23)cc1. The number of amides is 2. The molecule has 1 spiro atoms. The van der Waals surface area contributed by atoms with Gasteiger partial charge in [0.1, 0.15) is 11.5 Å². The highest BCUT2D eigenvalue weighted by Crippen LogP contribution is 2.53. The molecular formula is C26H26N2O6. The number of ether oxygens (including phenoxy) is 2. The summed E-state index contributed by atoms with van der Waals surface area (Å²) in [5.74, 6) is -1.95. The Morgan fingerprint density at radius 3 is 2.56 bits per heavy atom. The number of aliphatic hydroxyl groups excluding tert-OH is 1. The number of anilines is 1. The number of hydrogen-bond donors (Lipinski definition) is 1. The molecule has 2 atom stereocenters. The molecule has 176 valence electrons. The molecule has 0 aromatic heterocycles. The molecule has 5 rings (SSSR count). The first kappa shape index (κ1) is 22.2. The molecule has 2 saturated heterocycles. The summed E-state index contributed by atoms with van der Waals surface area (Å²) < 4.78 is 11.2. The summed E-state index contributed by atoms with van der Waals surface area (Å²) >= 11 is 0. The van der Waals surface area contributed by atoms with E-state index in [1.165, 1.54) is 9.80 Å². The first-order valence-electron chi connectivity index (χ1n) is 11.4. The third-order valence-corrected chi connectivity index (χ3v) is 6.79. The van der Waals surface area contributed by atoms with Crippen LogP contribution in [0.4, 0.5) is 5.69 Å². The smallest absolute Gasteiger partial charge is 0.296 e. The van der Waals surface area contributed by atoms with Crippen molar-refractivity contribution in [1.82, 2.24) is 4.90 Å². The number of hydrogen-bond acceptors (Lipinski definition) is 6. The summed E-state index contributed by atoms with van der Waals surface area (Å²) in [6.07, 6.45) is 1.29. The third-order valence-electron chi connectivity index (χ3n) is 6.79. The van der Waals surface area contributed by atoms with Crippen molar-refractivity contribution in [1.29, 1.82) is 0 Å². The van der Waals surface area contributed by atoms with Crippen molar-refractivity contribution in [3.8, 4) is 5.75 Å². The zero-order valence-electron chi connectivity index (χ0n) is 19.1. The largest absolute Gasteiger partial charge is 0.507 e. The van der Waals surface area contributed by atoms with E-state index in [1.54, 1.807) is 55.6 Å². The Labute approximate surface area is 197 Å². The molecule has 0 unspecified atom stereocenters. The summed E-state index contributed by atoms with van der Waals surface area (Å²) in [5, 5.41) is 11.4. The van der Waals surface area contributed by atoms with Gasteiger partial charge in [-0.3, -0.25) is 14.4 Å². The average molecular weight is 463 g/mol. The predicted molar refractivity (Wildman–Crippen MR) is 124 cm³/mol. The van der Waals surface area contributed by atoms with Crippen molar-refractivity contribution in [2.75, 3.05) is 31.7 Å². The molecule has 0 bridgehead atoms. The number of rotatable bonds is 5. The molecule has 3 heterocycles. The van der Waals surface area contributed by atoms with Gasteiger partial charge < -0.3 is 24.4 Å². The number of likely N-dealkylation sites (tertiary alicyclic amines) is 1. The molecule has 3 aliphatic rings. The molecule has 34 heavy (non-hydrogen) atoms. The van der Waals surface area contributed by atoms with Crippen LogP contribution in [0.25, 0.3) is 5.76 Å². The van der Waals surface area contributed by atoms with Crippen LogP contribution in [0.5, 0.6) is 5.75 Å². The lowest BCUT2D eigenvalue weighted by atomic mass is 9.81. The highest BCUT2D eigenvalue weighted by molar-refractivity contribution is 6.50. The molecule has 8 nitrogen and oxygen atoms in total. The van der Waals surface area contributed by atoms with Crippen LogP contribution < -0.4 is 9.64 Å². The minimum atomic E-state index is -1.76. The summed E-state index contributed by atoms with van der Waals surface area (Å²) in [6, 6.07) is 13.6. The summed E-state index contributed by atoms with van der Waals surface area (Å²) in [5.41, 5.74) is -0.579. The first-order chi connectivity index (χ1) is 16.4. The van der Waals surface area contributed by atoms with Gasteiger partial charge in [0.25, 0.3) is 17.6 Å². The molecule has 1 N–H and O–H groups in total. The number of para-hydroxylation sites is 1. The van der Waals surface area contributed by atoms with Gasteiger partial charge in [0.05, 0.1) is 18.3 Å². The molecule has 8 heteroatoms. The number of likely N-dealkylation sites (N-methyl/N-ethyl adjacent to an activating group) is 1. The van der Waals surface area contributed by atoms with Crippen molar-refractivity contribution < 1.29 is 29.0 Å². The lowest BCUT2D eigenvalue weighted by molar-refractivity contribution is -0.145. The highest BCUT2D eigenvalue weighted by Gasteiger charge is 2.66. The van der Waals surface area contributed by atoms with E-state index in [4.69, 9.17) is 9.47 Å². The summed E-state index contributed by atoms with van der Waals surface area (Å²) in [4.78, 5) is 43.5. The van der Waals surface area contributed by atoms with Crippen LogP contribution >= 0.6 is 0 Å². The molecule has 0 radical (unpaired) electrons. The number of carbonyl (C=O) groups excluding carboxylic acids is 3. The first-order valence-corrected chi connectivity index (χ1v) is 11.4. The lowest BCUT2D eigenvalue weighted by Crippen LogP contribution is -2.53. The highest BCUT2D eigenvalue weighted by atomic mass is 16.5.